The number of hydrogen-bond donors (Lipinski definition) is 1. The summed E-state index contributed by atoms with van der Waals surface area (Å²) in [7, 11) is 1.63. The van der Waals surface area contributed by atoms with Crippen LogP contribution in [0.2, 0.25) is 0 Å². The number of aromatic amines is 1. The number of ether oxygens (including phenoxy) is 1. The Balaban J connectivity index is 2.03. The fourth-order valence-electron chi connectivity index (χ4n) is 3.42. The molecule has 0 aliphatic heterocycles. The van der Waals surface area contributed by atoms with Crippen LogP contribution in [0.4, 0.5) is 0 Å². The fraction of sp³-hybridized carbons (Fsp3) is 0.368. The fourth-order valence-corrected chi connectivity index (χ4v) is 3.42. The van der Waals surface area contributed by atoms with E-state index in [-0.39, 0.29) is 0 Å². The summed E-state index contributed by atoms with van der Waals surface area (Å²) in [6.07, 6.45) is 1.85. The summed E-state index contributed by atoms with van der Waals surface area (Å²) in [5.41, 5.74) is 0.829. The smallest absolute Gasteiger partial charge is 0.329 e. The maximum atomic E-state index is 12.6. The van der Waals surface area contributed by atoms with Gasteiger partial charge in [-0.3, -0.25) is 14.3 Å². The number of imidazole rings is 1. The highest BCUT2D eigenvalue weighted by atomic mass is 16.5. The highest BCUT2D eigenvalue weighted by molar-refractivity contribution is 5.79. The monoisotopic (exact) mass is 382 g/mol. The Bertz CT molecular complexity index is 1260. The normalized spacial score (nSPS) is 11.5. The summed E-state index contributed by atoms with van der Waals surface area (Å²) in [5, 5.41) is 8.68. The third-order valence-corrected chi connectivity index (χ3v) is 4.80. The number of nitrogens with one attached hydrogen (secondary N) is 1. The van der Waals surface area contributed by atoms with Gasteiger partial charge in [-0.05, 0) is 37.6 Å². The second-order valence-corrected chi connectivity index (χ2v) is 6.61. The van der Waals surface area contributed by atoms with Crippen LogP contribution in [-0.2, 0) is 13.6 Å². The van der Waals surface area contributed by atoms with Gasteiger partial charge in [-0.2, -0.15) is 0 Å². The molecule has 0 atom stereocenters. The van der Waals surface area contributed by atoms with Crippen molar-refractivity contribution in [1.29, 1.82) is 0 Å². The number of nitrogens with zero attached hydrogens (tertiary/aromatic N) is 5. The first-order chi connectivity index (χ1) is 13.6. The molecule has 1 aromatic carbocycles. The van der Waals surface area contributed by atoms with Gasteiger partial charge in [0.25, 0.3) is 5.56 Å². The molecule has 0 amide bonds. The van der Waals surface area contributed by atoms with Gasteiger partial charge < -0.3 is 9.30 Å². The maximum Gasteiger partial charge on any atom is 0.329 e. The molecule has 0 radical (unpaired) electrons. The van der Waals surface area contributed by atoms with Crippen molar-refractivity contribution in [1.82, 2.24) is 28.7 Å². The summed E-state index contributed by atoms with van der Waals surface area (Å²) < 4.78 is 10.5. The number of benzene rings is 1. The topological polar surface area (TPSA) is 99.2 Å². The van der Waals surface area contributed by atoms with Crippen LogP contribution in [0.1, 0.15) is 26.7 Å². The highest BCUT2D eigenvalue weighted by Crippen LogP contribution is 2.26. The molecular formula is C19H22N6O3. The second-order valence-electron chi connectivity index (χ2n) is 6.61. The minimum Gasteiger partial charge on any atom is -0.494 e. The molecule has 9 nitrogen and oxygen atoms in total. The molecule has 28 heavy (non-hydrogen) atoms. The third kappa shape index (κ3) is 2.70. The Kier molecular flexibility index (Phi) is 4.50. The lowest BCUT2D eigenvalue weighted by molar-refractivity contribution is 0.340. The second kappa shape index (κ2) is 6.99. The van der Waals surface area contributed by atoms with Crippen LogP contribution in [0.3, 0.4) is 0 Å². The quantitative estimate of drug-likeness (QED) is 0.549. The minimum atomic E-state index is -0.474. The van der Waals surface area contributed by atoms with Crippen molar-refractivity contribution in [3.8, 4) is 17.1 Å². The van der Waals surface area contributed by atoms with Crippen molar-refractivity contribution in [2.75, 3.05) is 6.61 Å². The van der Waals surface area contributed by atoms with E-state index in [1.54, 1.807) is 11.4 Å². The first-order valence-corrected chi connectivity index (χ1v) is 9.36. The molecule has 4 rings (SSSR count). The number of H-pyrrole nitrogens is 1. The zero-order chi connectivity index (χ0) is 19.8. The predicted molar refractivity (Wildman–Crippen MR) is 106 cm³/mol. The predicted octanol–water partition coefficient (Wildman–Crippen LogP) is 1.94. The van der Waals surface area contributed by atoms with Crippen LogP contribution in [0.25, 0.3) is 28.3 Å². The zero-order valence-corrected chi connectivity index (χ0v) is 16.1. The van der Waals surface area contributed by atoms with Gasteiger partial charge in [-0.15, -0.1) is 10.2 Å². The largest absolute Gasteiger partial charge is 0.494 e. The molecular weight excluding hydrogens is 360 g/mol. The lowest BCUT2D eigenvalue weighted by atomic mass is 10.2. The van der Waals surface area contributed by atoms with Crippen molar-refractivity contribution in [3.63, 3.8) is 0 Å². The SMILES string of the molecule is CCCCn1c2c(=O)[nH]c(=O)n(C)c2n2c(-c3ccc(OCC)cc3)nnc12. The van der Waals surface area contributed by atoms with Gasteiger partial charge in [0.2, 0.25) is 5.78 Å². The molecule has 0 fully saturated rings. The van der Waals surface area contributed by atoms with Gasteiger partial charge in [-0.1, -0.05) is 13.3 Å². The van der Waals surface area contributed by atoms with Crippen LogP contribution < -0.4 is 16.0 Å². The Labute approximate surface area is 160 Å². The van der Waals surface area contributed by atoms with E-state index in [9.17, 15) is 9.59 Å². The summed E-state index contributed by atoms with van der Waals surface area (Å²) >= 11 is 0. The average Bonchev–Trinajstić information content (AvgIpc) is 3.24. The lowest BCUT2D eigenvalue weighted by Gasteiger charge is -2.05. The maximum absolute atomic E-state index is 12.6. The Morgan fingerprint density at radius 1 is 1.11 bits per heavy atom. The number of unbranched alkanes of at least 4 members (excludes halogenated alkanes) is 1. The van der Waals surface area contributed by atoms with Crippen LogP contribution in [-0.4, -0.2) is 35.3 Å². The van der Waals surface area contributed by atoms with Crippen LogP contribution >= 0.6 is 0 Å². The van der Waals surface area contributed by atoms with Gasteiger partial charge in [0.15, 0.2) is 17.0 Å². The third-order valence-electron chi connectivity index (χ3n) is 4.80. The molecule has 0 aliphatic carbocycles. The van der Waals surface area contributed by atoms with E-state index in [1.807, 2.05) is 35.8 Å². The summed E-state index contributed by atoms with van der Waals surface area (Å²) in [5.74, 6) is 1.87. The van der Waals surface area contributed by atoms with Crippen molar-refractivity contribution >= 4 is 16.9 Å². The standard InChI is InChI=1S/C19H22N6O3/c1-4-6-11-24-14-16(26)20-19(27)23(3)17(14)25-15(21-22-18(24)25)12-7-9-13(10-8-12)28-5-2/h7-10H,4-6,11H2,1-3H3,(H,20,26,27). The van der Waals surface area contributed by atoms with E-state index >= 15 is 0 Å². The average molecular weight is 382 g/mol. The summed E-state index contributed by atoms with van der Waals surface area (Å²) in [6, 6.07) is 7.51. The molecule has 4 aromatic rings. The van der Waals surface area contributed by atoms with Crippen molar-refractivity contribution < 1.29 is 4.74 Å². The molecule has 146 valence electrons. The molecule has 0 saturated heterocycles. The van der Waals surface area contributed by atoms with Gasteiger partial charge in [0.1, 0.15) is 5.75 Å². The van der Waals surface area contributed by atoms with E-state index in [4.69, 9.17) is 4.74 Å². The van der Waals surface area contributed by atoms with Crippen LogP contribution in [0.15, 0.2) is 33.9 Å². The van der Waals surface area contributed by atoms with Gasteiger partial charge in [0.05, 0.1) is 6.61 Å². The lowest BCUT2D eigenvalue weighted by Crippen LogP contribution is -2.29. The molecule has 1 N–H and O–H groups in total. The molecule has 3 heterocycles. The molecule has 0 aliphatic rings. The van der Waals surface area contributed by atoms with Gasteiger partial charge in [-0.25, -0.2) is 9.20 Å². The van der Waals surface area contributed by atoms with E-state index in [2.05, 4.69) is 22.1 Å². The number of aryl methyl sites for hydroxylation is 2. The van der Waals surface area contributed by atoms with Gasteiger partial charge >= 0.3 is 5.69 Å². The Morgan fingerprint density at radius 2 is 1.86 bits per heavy atom. The number of aromatic nitrogens is 6. The van der Waals surface area contributed by atoms with Crippen LogP contribution in [0, 0.1) is 0 Å². The van der Waals surface area contributed by atoms with E-state index < -0.39 is 11.2 Å². The highest BCUT2D eigenvalue weighted by Gasteiger charge is 2.22. The molecule has 0 spiro atoms. The minimum absolute atomic E-state index is 0.419. The molecule has 0 unspecified atom stereocenters. The van der Waals surface area contributed by atoms with E-state index in [1.165, 1.54) is 4.57 Å². The molecule has 3 aromatic heterocycles. The number of hydrogen-bond acceptors (Lipinski definition) is 5. The summed E-state index contributed by atoms with van der Waals surface area (Å²) in [6.45, 7) is 5.22. The van der Waals surface area contributed by atoms with Gasteiger partial charge in [0, 0.05) is 19.2 Å². The molecule has 0 bridgehead atoms. The number of fused-ring (bicyclic) bond motifs is 3. The van der Waals surface area contributed by atoms with E-state index in [0.717, 1.165) is 24.2 Å². The van der Waals surface area contributed by atoms with E-state index in [0.29, 0.717) is 35.9 Å². The Hall–Kier alpha value is -3.36. The zero-order valence-electron chi connectivity index (χ0n) is 16.1. The summed E-state index contributed by atoms with van der Waals surface area (Å²) in [4.78, 5) is 27.2. The van der Waals surface area contributed by atoms with Crippen LogP contribution in [0.5, 0.6) is 5.75 Å². The number of rotatable bonds is 6. The van der Waals surface area contributed by atoms with Crippen molar-refractivity contribution in [2.45, 2.75) is 33.2 Å². The first kappa shape index (κ1) is 18.0. The molecule has 9 heteroatoms. The first-order valence-electron chi connectivity index (χ1n) is 9.36. The van der Waals surface area contributed by atoms with Crippen molar-refractivity contribution in [3.05, 3.63) is 45.1 Å². The molecule has 0 saturated carbocycles. The van der Waals surface area contributed by atoms with Crippen molar-refractivity contribution in [2.24, 2.45) is 7.05 Å². The Morgan fingerprint density at radius 3 is 2.54 bits per heavy atom.